The Labute approximate surface area is 388 Å². The van der Waals surface area contributed by atoms with Crippen LogP contribution in [0.2, 0.25) is 0 Å². The predicted octanol–water partition coefficient (Wildman–Crippen LogP) is 15.0. The van der Waals surface area contributed by atoms with Crippen molar-refractivity contribution >= 4 is 11.0 Å². The van der Waals surface area contributed by atoms with Crippen molar-refractivity contribution in [2.75, 3.05) is 0 Å². The zero-order chi connectivity index (χ0) is 44.1. The van der Waals surface area contributed by atoms with E-state index in [-0.39, 0.29) is 32.2 Å². The number of phenolic OH excluding ortho intramolecular Hbond substituents is 1. The van der Waals surface area contributed by atoms with Gasteiger partial charge in [0.2, 0.25) is 0 Å². The molecule has 0 radical (unpaired) electrons. The Morgan fingerprint density at radius 1 is 0.587 bits per heavy atom. The number of rotatable bonds is 8. The van der Waals surface area contributed by atoms with Crippen LogP contribution in [0.25, 0.3) is 72.7 Å². The van der Waals surface area contributed by atoms with E-state index < -0.39 is 11.8 Å². The standard InChI is InChI=1S/C58H50N3O.Pt/c1-58(2,3)48-36-46(35-47(37-48)53-38-45(33-34-59-53)40-17-9-5-10-18-40)50-21-14-24-54-55(50)60-57(52-23-13-22-51(56(52)62)44-19-11-6-12-20-44)61(54)49-31-29-43(30-32-49)42-27-25-41(26-28-42)39-15-7-4-8-16-39;/h4-24,29-34,36-38,41-42,62H,25-28H2,1-3H3;/q-1;/i41D,42D;. The summed E-state index contributed by atoms with van der Waals surface area (Å²) in [5, 5.41) is 12.1. The van der Waals surface area contributed by atoms with E-state index in [1.54, 1.807) is 0 Å². The number of nitrogens with zero attached hydrogens (tertiary/aromatic N) is 3. The van der Waals surface area contributed by atoms with Crippen LogP contribution in [0.15, 0.2) is 182 Å². The monoisotopic (exact) mass is 1000 g/mol. The minimum absolute atomic E-state index is 0. The zero-order valence-corrected chi connectivity index (χ0v) is 38.0. The van der Waals surface area contributed by atoms with Crippen molar-refractivity contribution in [3.8, 4) is 67.5 Å². The van der Waals surface area contributed by atoms with Crippen LogP contribution in [0.4, 0.5) is 0 Å². The largest absolute Gasteiger partial charge is 0.507 e. The van der Waals surface area contributed by atoms with Crippen molar-refractivity contribution in [3.63, 3.8) is 0 Å². The van der Waals surface area contributed by atoms with Crippen LogP contribution in [0.1, 0.15) is 77.7 Å². The number of fused-ring (bicyclic) bond motifs is 1. The zero-order valence-electron chi connectivity index (χ0n) is 37.8. The van der Waals surface area contributed by atoms with Crippen LogP contribution >= 0.6 is 0 Å². The summed E-state index contributed by atoms with van der Waals surface area (Å²) in [7, 11) is 0. The molecule has 314 valence electrons. The molecule has 9 aromatic rings. The number of benzene rings is 7. The molecular formula is C58H50N3OPt-. The van der Waals surface area contributed by atoms with Crippen LogP contribution in [0.5, 0.6) is 5.75 Å². The molecule has 5 heteroatoms. The third kappa shape index (κ3) is 8.45. The van der Waals surface area contributed by atoms with Gasteiger partial charge in [0, 0.05) is 46.9 Å². The van der Waals surface area contributed by atoms with Gasteiger partial charge in [-0.25, -0.2) is 4.98 Å². The Bertz CT molecular complexity index is 3120. The summed E-state index contributed by atoms with van der Waals surface area (Å²) in [4.78, 5) is 10.3. The SMILES string of the molecule is [2H]C1(c2ccccc2)CCC([2H])(c2ccc(-n3c(-c4cccc(-c5ccccc5)c4O)nc4c(-c5[c-]c(-c6cc(-c7ccccc7)ccn6)cc(C(C)(C)C)c5)cccc43)cc2)CC1.[Pt]. The Kier molecular flexibility index (Phi) is 11.2. The third-order valence-corrected chi connectivity index (χ3v) is 12.4. The van der Waals surface area contributed by atoms with Gasteiger partial charge in [0.25, 0.3) is 0 Å². The molecule has 1 aliphatic carbocycles. The van der Waals surface area contributed by atoms with E-state index in [1.165, 1.54) is 0 Å². The summed E-state index contributed by atoms with van der Waals surface area (Å²) in [5.41, 5.74) is 13.5. The van der Waals surface area contributed by atoms with Crippen molar-refractivity contribution in [2.45, 2.75) is 63.7 Å². The molecule has 1 N–H and O–H groups in total. The third-order valence-electron chi connectivity index (χ3n) is 12.4. The second-order valence-electron chi connectivity index (χ2n) is 17.4. The van der Waals surface area contributed by atoms with Crippen molar-refractivity contribution in [1.82, 2.24) is 14.5 Å². The molecule has 7 aromatic carbocycles. The normalized spacial score (nSPS) is 18.0. The Hall–Kier alpha value is -6.35. The van der Waals surface area contributed by atoms with E-state index in [1.807, 2.05) is 97.2 Å². The second-order valence-corrected chi connectivity index (χ2v) is 17.4. The first-order valence-electron chi connectivity index (χ1n) is 22.6. The first-order valence-corrected chi connectivity index (χ1v) is 21.6. The molecule has 0 unspecified atom stereocenters. The number of pyridine rings is 1. The Morgan fingerprint density at radius 3 is 1.83 bits per heavy atom. The quantitative estimate of drug-likeness (QED) is 0.154. The first kappa shape index (κ1) is 39.5. The molecule has 0 amide bonds. The summed E-state index contributed by atoms with van der Waals surface area (Å²) < 4.78 is 21.1. The van der Waals surface area contributed by atoms with Gasteiger partial charge >= 0.3 is 0 Å². The topological polar surface area (TPSA) is 50.9 Å². The molecule has 0 spiro atoms. The van der Waals surface area contributed by atoms with Crippen molar-refractivity contribution < 1.29 is 28.9 Å². The van der Waals surface area contributed by atoms with Crippen molar-refractivity contribution in [2.24, 2.45) is 0 Å². The van der Waals surface area contributed by atoms with Gasteiger partial charge in [0.15, 0.2) is 0 Å². The number of para-hydroxylation sites is 2. The van der Waals surface area contributed by atoms with Crippen LogP contribution in [0.3, 0.4) is 0 Å². The Morgan fingerprint density at radius 2 is 1.16 bits per heavy atom. The molecule has 4 nitrogen and oxygen atoms in total. The molecule has 2 heterocycles. The maximum Gasteiger partial charge on any atom is 0.148 e. The van der Waals surface area contributed by atoms with Gasteiger partial charge in [0.1, 0.15) is 11.6 Å². The fraction of sp³-hybridized carbons (Fsp3) is 0.172. The van der Waals surface area contributed by atoms with E-state index in [0.717, 1.165) is 78.0 Å². The predicted molar refractivity (Wildman–Crippen MR) is 256 cm³/mol. The van der Waals surface area contributed by atoms with Gasteiger partial charge in [-0.3, -0.25) is 9.55 Å². The molecule has 1 saturated carbocycles. The smallest absolute Gasteiger partial charge is 0.148 e. The number of imidazole rings is 1. The number of hydrogen-bond donors (Lipinski definition) is 1. The summed E-state index contributed by atoms with van der Waals surface area (Å²) in [6, 6.07) is 63.2. The van der Waals surface area contributed by atoms with Crippen LogP contribution in [-0.2, 0) is 26.5 Å². The summed E-state index contributed by atoms with van der Waals surface area (Å²) >= 11 is 0. The minimum atomic E-state index is -0.797. The number of phenols is 1. The number of aromatic hydroxyl groups is 1. The van der Waals surface area contributed by atoms with Gasteiger partial charge in [0.05, 0.1) is 16.6 Å². The summed E-state index contributed by atoms with van der Waals surface area (Å²) in [6.07, 6.45) is 4.33. The fourth-order valence-electron chi connectivity index (χ4n) is 8.96. The molecule has 10 rings (SSSR count). The molecular weight excluding hydrogens is 950 g/mol. The van der Waals surface area contributed by atoms with E-state index in [2.05, 4.69) is 116 Å². The van der Waals surface area contributed by atoms with Gasteiger partial charge in [-0.2, -0.15) is 0 Å². The number of aromatic nitrogens is 3. The van der Waals surface area contributed by atoms with Gasteiger partial charge in [-0.1, -0.05) is 165 Å². The van der Waals surface area contributed by atoms with E-state index >= 15 is 0 Å². The van der Waals surface area contributed by atoms with Crippen LogP contribution in [0, 0.1) is 6.07 Å². The van der Waals surface area contributed by atoms with Crippen LogP contribution < -0.4 is 0 Å². The van der Waals surface area contributed by atoms with Crippen LogP contribution in [-0.4, -0.2) is 19.6 Å². The average Bonchev–Trinajstić information content (AvgIpc) is 3.73. The van der Waals surface area contributed by atoms with Gasteiger partial charge in [-0.15, -0.1) is 29.3 Å². The summed E-state index contributed by atoms with van der Waals surface area (Å²) in [6.45, 7) is 6.68. The first-order chi connectivity index (χ1) is 31.0. The summed E-state index contributed by atoms with van der Waals surface area (Å²) in [5.74, 6) is -0.720. The second kappa shape index (κ2) is 17.8. The molecule has 63 heavy (non-hydrogen) atoms. The molecule has 1 fully saturated rings. The minimum Gasteiger partial charge on any atom is -0.507 e. The van der Waals surface area contributed by atoms with E-state index in [9.17, 15) is 7.85 Å². The average molecular weight is 1000 g/mol. The van der Waals surface area contributed by atoms with Crippen molar-refractivity contribution in [3.05, 3.63) is 205 Å². The molecule has 0 bridgehead atoms. The Balaban J connectivity index is 0.00000533. The van der Waals surface area contributed by atoms with Crippen molar-refractivity contribution in [1.29, 1.82) is 0 Å². The molecule has 0 aliphatic heterocycles. The van der Waals surface area contributed by atoms with E-state index in [4.69, 9.17) is 9.97 Å². The molecule has 1 aliphatic rings. The van der Waals surface area contributed by atoms with Gasteiger partial charge < -0.3 is 5.11 Å². The molecule has 2 aromatic heterocycles. The number of hydrogen-bond acceptors (Lipinski definition) is 3. The molecule has 0 atom stereocenters. The maximum atomic E-state index is 12.1. The maximum absolute atomic E-state index is 12.1. The molecule has 0 saturated heterocycles. The van der Waals surface area contributed by atoms with Gasteiger partial charge in [-0.05, 0) is 101 Å². The van der Waals surface area contributed by atoms with E-state index in [0.29, 0.717) is 37.1 Å². The fourth-order valence-corrected chi connectivity index (χ4v) is 8.96.